The fourth-order valence-electron chi connectivity index (χ4n) is 4.92. The van der Waals surface area contributed by atoms with Crippen LogP contribution in [0.15, 0.2) is 36.4 Å². The molecule has 0 spiro atoms. The van der Waals surface area contributed by atoms with E-state index in [2.05, 4.69) is 0 Å². The van der Waals surface area contributed by atoms with Crippen LogP contribution in [0.2, 0.25) is 0 Å². The fourth-order valence-corrected chi connectivity index (χ4v) is 4.92. The van der Waals surface area contributed by atoms with E-state index in [0.717, 1.165) is 24.6 Å². The van der Waals surface area contributed by atoms with Gasteiger partial charge in [0.2, 0.25) is 11.8 Å². The molecule has 5 rings (SSSR count). The van der Waals surface area contributed by atoms with E-state index < -0.39 is 0 Å². The first-order chi connectivity index (χ1) is 15.5. The Morgan fingerprint density at radius 3 is 2.00 bits per heavy atom. The van der Waals surface area contributed by atoms with Gasteiger partial charge in [0.05, 0.1) is 0 Å². The maximum atomic E-state index is 12.9. The highest BCUT2D eigenvalue weighted by atomic mass is 16.2. The highest BCUT2D eigenvalue weighted by Gasteiger charge is 2.34. The van der Waals surface area contributed by atoms with Crippen LogP contribution >= 0.6 is 0 Å². The number of carbonyl (C=O) groups excluding carboxylic acids is 4. The number of piperazine rings is 1. The van der Waals surface area contributed by atoms with Crippen molar-refractivity contribution in [2.75, 3.05) is 32.7 Å². The maximum absolute atomic E-state index is 12.9. The molecule has 1 saturated carbocycles. The third kappa shape index (κ3) is 3.55. The van der Waals surface area contributed by atoms with Gasteiger partial charge in [0.25, 0.3) is 11.8 Å². The van der Waals surface area contributed by atoms with Crippen LogP contribution in [-0.2, 0) is 9.59 Å². The van der Waals surface area contributed by atoms with Crippen LogP contribution < -0.4 is 0 Å². The number of rotatable bonds is 5. The zero-order chi connectivity index (χ0) is 22.2. The van der Waals surface area contributed by atoms with Crippen LogP contribution in [0.3, 0.4) is 0 Å². The topological polar surface area (TPSA) is 78.0 Å². The SMILES string of the molecule is O=C(CCCN1C(=O)c2cccc3cccc(c23)C1=O)N1CCN(C(=O)C2CCC2)CC1. The Morgan fingerprint density at radius 1 is 0.844 bits per heavy atom. The van der Waals surface area contributed by atoms with Crippen molar-refractivity contribution in [1.82, 2.24) is 14.7 Å². The quantitative estimate of drug-likeness (QED) is 0.680. The summed E-state index contributed by atoms with van der Waals surface area (Å²) in [7, 11) is 0. The Balaban J connectivity index is 1.16. The number of benzene rings is 2. The highest BCUT2D eigenvalue weighted by Crippen LogP contribution is 2.30. The average molecular weight is 434 g/mol. The number of imide groups is 1. The Labute approximate surface area is 186 Å². The average Bonchev–Trinajstić information content (AvgIpc) is 2.78. The maximum Gasteiger partial charge on any atom is 0.261 e. The highest BCUT2D eigenvalue weighted by molar-refractivity contribution is 6.25. The van der Waals surface area contributed by atoms with Crippen LogP contribution in [0.1, 0.15) is 52.8 Å². The van der Waals surface area contributed by atoms with Crippen LogP contribution in [0, 0.1) is 5.92 Å². The van der Waals surface area contributed by atoms with E-state index >= 15 is 0 Å². The van der Waals surface area contributed by atoms with Crippen LogP contribution in [0.25, 0.3) is 10.8 Å². The predicted molar refractivity (Wildman–Crippen MR) is 119 cm³/mol. The second kappa shape index (κ2) is 8.37. The van der Waals surface area contributed by atoms with Gasteiger partial charge in [-0.15, -0.1) is 0 Å². The molecule has 3 aliphatic rings. The molecule has 4 amide bonds. The molecule has 0 aromatic heterocycles. The van der Waals surface area contributed by atoms with Gasteiger partial charge in [-0.2, -0.15) is 0 Å². The van der Waals surface area contributed by atoms with Crippen molar-refractivity contribution in [2.24, 2.45) is 5.92 Å². The number of carbonyl (C=O) groups is 4. The Hall–Kier alpha value is -3.22. The van der Waals surface area contributed by atoms with E-state index in [-0.39, 0.29) is 42.5 Å². The molecular formula is C25H27N3O4. The predicted octanol–water partition coefficient (Wildman–Crippen LogP) is 2.69. The smallest absolute Gasteiger partial charge is 0.261 e. The summed E-state index contributed by atoms with van der Waals surface area (Å²) in [6.07, 6.45) is 3.82. The lowest BCUT2D eigenvalue weighted by molar-refractivity contribution is -0.144. The molecule has 1 saturated heterocycles. The van der Waals surface area contributed by atoms with Crippen molar-refractivity contribution in [3.8, 4) is 0 Å². The van der Waals surface area contributed by atoms with E-state index in [1.165, 1.54) is 4.90 Å². The van der Waals surface area contributed by atoms with Crippen molar-refractivity contribution in [3.05, 3.63) is 47.5 Å². The zero-order valence-corrected chi connectivity index (χ0v) is 18.1. The van der Waals surface area contributed by atoms with Gasteiger partial charge >= 0.3 is 0 Å². The number of nitrogens with zero attached hydrogens (tertiary/aromatic N) is 3. The number of amides is 4. The minimum atomic E-state index is -0.296. The summed E-state index contributed by atoms with van der Waals surface area (Å²) in [5, 5.41) is 1.60. The normalized spacial score (nSPS) is 18.8. The molecule has 7 heteroatoms. The second-order valence-electron chi connectivity index (χ2n) is 8.91. The van der Waals surface area contributed by atoms with Crippen molar-refractivity contribution < 1.29 is 19.2 Å². The summed E-state index contributed by atoms with van der Waals surface area (Å²) < 4.78 is 0. The van der Waals surface area contributed by atoms with Gasteiger partial charge in [0.15, 0.2) is 0 Å². The van der Waals surface area contributed by atoms with Gasteiger partial charge in [-0.05, 0) is 36.8 Å². The lowest BCUT2D eigenvalue weighted by atomic mass is 9.84. The second-order valence-corrected chi connectivity index (χ2v) is 8.91. The molecule has 2 fully saturated rings. The van der Waals surface area contributed by atoms with Gasteiger partial charge in [-0.25, -0.2) is 0 Å². The molecule has 1 aliphatic carbocycles. The molecule has 32 heavy (non-hydrogen) atoms. The Bertz CT molecular complexity index is 1050. The summed E-state index contributed by atoms with van der Waals surface area (Å²) >= 11 is 0. The van der Waals surface area contributed by atoms with Crippen molar-refractivity contribution in [1.29, 1.82) is 0 Å². The molecule has 0 atom stereocenters. The molecule has 0 N–H and O–H groups in total. The lowest BCUT2D eigenvalue weighted by Gasteiger charge is -2.38. The zero-order valence-electron chi connectivity index (χ0n) is 18.1. The van der Waals surface area contributed by atoms with Crippen molar-refractivity contribution in [2.45, 2.75) is 32.1 Å². The van der Waals surface area contributed by atoms with Crippen LogP contribution in [-0.4, -0.2) is 71.1 Å². The minimum absolute atomic E-state index is 0.0140. The lowest BCUT2D eigenvalue weighted by Crippen LogP contribution is -2.52. The molecular weight excluding hydrogens is 406 g/mol. The summed E-state index contributed by atoms with van der Waals surface area (Å²) in [4.78, 5) is 55.9. The van der Waals surface area contributed by atoms with Gasteiger partial charge in [0, 0.05) is 61.6 Å². The molecule has 2 heterocycles. The monoisotopic (exact) mass is 433 g/mol. The van der Waals surface area contributed by atoms with Gasteiger partial charge < -0.3 is 9.80 Å². The largest absolute Gasteiger partial charge is 0.339 e. The summed E-state index contributed by atoms with van der Waals surface area (Å²) in [5.41, 5.74) is 1.08. The van der Waals surface area contributed by atoms with Crippen LogP contribution in [0.4, 0.5) is 0 Å². The first kappa shape index (κ1) is 20.7. The molecule has 2 aromatic rings. The van der Waals surface area contributed by atoms with E-state index in [4.69, 9.17) is 0 Å². The summed E-state index contributed by atoms with van der Waals surface area (Å²) in [6.45, 7) is 2.49. The number of hydrogen-bond acceptors (Lipinski definition) is 4. The number of hydrogen-bond donors (Lipinski definition) is 0. The Kier molecular flexibility index (Phi) is 5.41. The van der Waals surface area contributed by atoms with E-state index in [1.54, 1.807) is 17.0 Å². The first-order valence-electron chi connectivity index (χ1n) is 11.5. The van der Waals surface area contributed by atoms with Gasteiger partial charge in [0.1, 0.15) is 0 Å². The third-order valence-electron chi connectivity index (χ3n) is 7.03. The van der Waals surface area contributed by atoms with Gasteiger partial charge in [-0.3, -0.25) is 24.1 Å². The minimum Gasteiger partial charge on any atom is -0.339 e. The first-order valence-corrected chi connectivity index (χ1v) is 11.5. The molecule has 2 aromatic carbocycles. The molecule has 0 bridgehead atoms. The summed E-state index contributed by atoms with van der Waals surface area (Å²) in [6, 6.07) is 11.0. The molecule has 2 aliphatic heterocycles. The van der Waals surface area contributed by atoms with E-state index in [1.807, 2.05) is 29.2 Å². The molecule has 0 unspecified atom stereocenters. The molecule has 7 nitrogen and oxygen atoms in total. The van der Waals surface area contributed by atoms with Crippen molar-refractivity contribution in [3.63, 3.8) is 0 Å². The van der Waals surface area contributed by atoms with Crippen LogP contribution in [0.5, 0.6) is 0 Å². The van der Waals surface area contributed by atoms with E-state index in [0.29, 0.717) is 49.1 Å². The Morgan fingerprint density at radius 2 is 1.44 bits per heavy atom. The third-order valence-corrected chi connectivity index (χ3v) is 7.03. The standard InChI is InChI=1S/C25H27N3O4/c29-21(26-13-15-27(16-14-26)23(30)18-7-1-8-18)11-4-12-28-24(31)19-9-2-5-17-6-3-10-20(22(17)19)25(28)32/h2-3,5-6,9-10,18H,1,4,7-8,11-16H2. The summed E-state index contributed by atoms with van der Waals surface area (Å²) in [5.74, 6) is -0.154. The van der Waals surface area contributed by atoms with Gasteiger partial charge in [-0.1, -0.05) is 30.7 Å². The van der Waals surface area contributed by atoms with Crippen molar-refractivity contribution >= 4 is 34.4 Å². The fraction of sp³-hybridized carbons (Fsp3) is 0.440. The van der Waals surface area contributed by atoms with E-state index in [9.17, 15) is 19.2 Å². The molecule has 166 valence electrons. The molecule has 0 radical (unpaired) electrons.